The molecule has 1 amide bonds. The fourth-order valence-corrected chi connectivity index (χ4v) is 1.82. The average molecular weight is 285 g/mol. The average Bonchev–Trinajstić information content (AvgIpc) is 2.53. The van der Waals surface area contributed by atoms with E-state index in [1.807, 2.05) is 24.3 Å². The number of anilines is 1. The summed E-state index contributed by atoms with van der Waals surface area (Å²) in [6.45, 7) is 0.665. The second kappa shape index (κ2) is 6.74. The maximum absolute atomic E-state index is 11.7. The molecule has 110 valence electrons. The lowest BCUT2D eigenvalue weighted by Gasteiger charge is -2.11. The number of amides is 1. The zero-order valence-corrected chi connectivity index (χ0v) is 12.5. The predicted molar refractivity (Wildman–Crippen MR) is 82.6 cm³/mol. The van der Waals surface area contributed by atoms with Gasteiger partial charge in [-0.15, -0.1) is 0 Å². The number of hydrogen-bond donors (Lipinski definition) is 1. The molecule has 0 bridgehead atoms. The van der Waals surface area contributed by atoms with Crippen molar-refractivity contribution in [3.05, 3.63) is 53.7 Å². The lowest BCUT2D eigenvalue weighted by atomic mass is 10.2. The molecule has 0 spiro atoms. The zero-order chi connectivity index (χ0) is 15.2. The summed E-state index contributed by atoms with van der Waals surface area (Å²) in [5, 5.41) is 3.22. The van der Waals surface area contributed by atoms with Crippen LogP contribution in [0.2, 0.25) is 0 Å². The number of carbonyl (C=O) groups is 1. The number of rotatable bonds is 5. The van der Waals surface area contributed by atoms with Gasteiger partial charge in [-0.25, -0.2) is 4.98 Å². The number of carbonyl (C=O) groups excluding carboxylic acids is 1. The van der Waals surface area contributed by atoms with E-state index in [2.05, 4.69) is 10.3 Å². The third kappa shape index (κ3) is 3.95. The van der Waals surface area contributed by atoms with E-state index in [1.165, 1.54) is 4.90 Å². The van der Waals surface area contributed by atoms with Crippen LogP contribution in [-0.4, -0.2) is 37.0 Å². The minimum absolute atomic E-state index is 0.0517. The molecular weight excluding hydrogens is 266 g/mol. The highest BCUT2D eigenvalue weighted by atomic mass is 16.5. The van der Waals surface area contributed by atoms with Crippen LogP contribution in [0.3, 0.4) is 0 Å². The van der Waals surface area contributed by atoms with Crippen molar-refractivity contribution in [3.8, 4) is 5.75 Å². The molecule has 0 aliphatic heterocycles. The highest BCUT2D eigenvalue weighted by molar-refractivity contribution is 5.93. The summed E-state index contributed by atoms with van der Waals surface area (Å²) in [7, 11) is 5.09. The molecule has 1 aromatic heterocycles. The van der Waals surface area contributed by atoms with E-state index < -0.39 is 0 Å². The molecule has 0 unspecified atom stereocenters. The minimum Gasteiger partial charge on any atom is -0.497 e. The maximum Gasteiger partial charge on any atom is 0.254 e. The molecular formula is C16H19N3O2. The van der Waals surface area contributed by atoms with E-state index in [-0.39, 0.29) is 5.91 Å². The molecule has 5 nitrogen and oxygen atoms in total. The molecule has 0 saturated heterocycles. The number of nitrogens with one attached hydrogen (secondary N) is 1. The Hall–Kier alpha value is -2.56. The molecule has 0 atom stereocenters. The molecule has 2 aromatic rings. The Balaban J connectivity index is 1.95. The predicted octanol–water partition coefficient (Wildman–Crippen LogP) is 2.40. The first-order valence-corrected chi connectivity index (χ1v) is 6.64. The maximum atomic E-state index is 11.7. The van der Waals surface area contributed by atoms with Gasteiger partial charge in [0.15, 0.2) is 0 Å². The van der Waals surface area contributed by atoms with Crippen LogP contribution in [0.1, 0.15) is 15.9 Å². The van der Waals surface area contributed by atoms with Crippen molar-refractivity contribution in [3.63, 3.8) is 0 Å². The summed E-state index contributed by atoms with van der Waals surface area (Å²) in [5.41, 5.74) is 1.71. The molecule has 1 aromatic carbocycles. The smallest absolute Gasteiger partial charge is 0.254 e. The van der Waals surface area contributed by atoms with E-state index >= 15 is 0 Å². The lowest BCUT2D eigenvalue weighted by molar-refractivity contribution is 0.0827. The van der Waals surface area contributed by atoms with Crippen LogP contribution in [0.5, 0.6) is 5.75 Å². The van der Waals surface area contributed by atoms with Crippen molar-refractivity contribution in [1.82, 2.24) is 9.88 Å². The van der Waals surface area contributed by atoms with E-state index in [9.17, 15) is 4.79 Å². The summed E-state index contributed by atoms with van der Waals surface area (Å²) in [5.74, 6) is 1.52. The molecule has 0 saturated carbocycles. The summed E-state index contributed by atoms with van der Waals surface area (Å²) in [6, 6.07) is 11.4. The van der Waals surface area contributed by atoms with Crippen LogP contribution in [0.4, 0.5) is 5.82 Å². The van der Waals surface area contributed by atoms with Gasteiger partial charge in [-0.05, 0) is 29.8 Å². The molecule has 5 heteroatoms. The number of nitrogens with zero attached hydrogens (tertiary/aromatic N) is 2. The highest BCUT2D eigenvalue weighted by Crippen LogP contribution is 2.13. The highest BCUT2D eigenvalue weighted by Gasteiger charge is 2.07. The Bertz CT molecular complexity index is 592. The lowest BCUT2D eigenvalue weighted by Crippen LogP contribution is -2.21. The van der Waals surface area contributed by atoms with Crippen molar-refractivity contribution in [2.24, 2.45) is 0 Å². The number of methoxy groups -OCH3 is 1. The fraction of sp³-hybridized carbons (Fsp3) is 0.250. The number of pyridine rings is 1. The normalized spacial score (nSPS) is 10.0. The van der Waals surface area contributed by atoms with Gasteiger partial charge in [0.2, 0.25) is 0 Å². The third-order valence-electron chi connectivity index (χ3n) is 3.05. The van der Waals surface area contributed by atoms with Gasteiger partial charge in [0.25, 0.3) is 5.91 Å². The zero-order valence-electron chi connectivity index (χ0n) is 12.5. The summed E-state index contributed by atoms with van der Waals surface area (Å²) in [4.78, 5) is 17.5. The molecule has 21 heavy (non-hydrogen) atoms. The van der Waals surface area contributed by atoms with Crippen molar-refractivity contribution >= 4 is 11.7 Å². The van der Waals surface area contributed by atoms with Crippen LogP contribution >= 0.6 is 0 Å². The van der Waals surface area contributed by atoms with Crippen LogP contribution in [-0.2, 0) is 6.54 Å². The quantitative estimate of drug-likeness (QED) is 0.916. The largest absolute Gasteiger partial charge is 0.497 e. The van der Waals surface area contributed by atoms with E-state index in [0.29, 0.717) is 12.1 Å². The van der Waals surface area contributed by atoms with Gasteiger partial charge >= 0.3 is 0 Å². The topological polar surface area (TPSA) is 54.5 Å². The summed E-state index contributed by atoms with van der Waals surface area (Å²) in [6.07, 6.45) is 1.58. The fourth-order valence-electron chi connectivity index (χ4n) is 1.82. The van der Waals surface area contributed by atoms with Crippen LogP contribution in [0.15, 0.2) is 42.6 Å². The first-order chi connectivity index (χ1) is 10.1. The van der Waals surface area contributed by atoms with E-state index in [1.54, 1.807) is 39.5 Å². The van der Waals surface area contributed by atoms with E-state index in [0.717, 1.165) is 17.1 Å². The van der Waals surface area contributed by atoms with Crippen LogP contribution in [0.25, 0.3) is 0 Å². The molecule has 1 N–H and O–H groups in total. The Labute approximate surface area is 124 Å². The van der Waals surface area contributed by atoms with Gasteiger partial charge in [-0.1, -0.05) is 12.1 Å². The monoisotopic (exact) mass is 285 g/mol. The number of ether oxygens (including phenoxy) is 1. The minimum atomic E-state index is -0.0517. The van der Waals surface area contributed by atoms with Gasteiger partial charge in [-0.2, -0.15) is 0 Å². The van der Waals surface area contributed by atoms with E-state index in [4.69, 9.17) is 4.74 Å². The first kappa shape index (κ1) is 14.8. The van der Waals surface area contributed by atoms with Crippen LogP contribution in [0, 0.1) is 0 Å². The van der Waals surface area contributed by atoms with Crippen molar-refractivity contribution in [2.45, 2.75) is 6.54 Å². The second-order valence-corrected chi connectivity index (χ2v) is 4.83. The standard InChI is InChI=1S/C16H19N3O2/c1-19(2)16(20)13-6-9-15(18-11-13)17-10-12-4-7-14(21-3)8-5-12/h4-9,11H,10H2,1-3H3,(H,17,18). The molecule has 0 fully saturated rings. The first-order valence-electron chi connectivity index (χ1n) is 6.64. The van der Waals surface area contributed by atoms with Crippen molar-refractivity contribution in [1.29, 1.82) is 0 Å². The van der Waals surface area contributed by atoms with Gasteiger partial charge in [0.1, 0.15) is 11.6 Å². The third-order valence-corrected chi connectivity index (χ3v) is 3.05. The number of benzene rings is 1. The Morgan fingerprint density at radius 1 is 1.19 bits per heavy atom. The molecule has 0 aliphatic rings. The van der Waals surface area contributed by atoms with Crippen LogP contribution < -0.4 is 10.1 Å². The molecule has 1 heterocycles. The van der Waals surface area contributed by atoms with Gasteiger partial charge in [0, 0.05) is 26.8 Å². The number of hydrogen-bond acceptors (Lipinski definition) is 4. The van der Waals surface area contributed by atoms with Gasteiger partial charge < -0.3 is 15.0 Å². The summed E-state index contributed by atoms with van der Waals surface area (Å²) >= 11 is 0. The molecule has 0 aliphatic carbocycles. The number of aromatic nitrogens is 1. The Morgan fingerprint density at radius 3 is 2.43 bits per heavy atom. The van der Waals surface area contributed by atoms with Crippen molar-refractivity contribution < 1.29 is 9.53 Å². The Morgan fingerprint density at radius 2 is 1.90 bits per heavy atom. The van der Waals surface area contributed by atoms with Gasteiger partial charge in [-0.3, -0.25) is 4.79 Å². The molecule has 0 radical (unpaired) electrons. The molecule has 2 rings (SSSR count). The van der Waals surface area contributed by atoms with Gasteiger partial charge in [0.05, 0.1) is 12.7 Å². The second-order valence-electron chi connectivity index (χ2n) is 4.83. The SMILES string of the molecule is COc1ccc(CNc2ccc(C(=O)N(C)C)cn2)cc1. The van der Waals surface area contributed by atoms with Crippen molar-refractivity contribution in [2.75, 3.05) is 26.5 Å². The summed E-state index contributed by atoms with van der Waals surface area (Å²) < 4.78 is 5.12. The Kier molecular flexibility index (Phi) is 4.77.